The number of hydrogen-bond donors (Lipinski definition) is 2. The zero-order chi connectivity index (χ0) is 20.8. The van der Waals surface area contributed by atoms with Crippen LogP contribution < -0.4 is 15.6 Å². The topological polar surface area (TPSA) is 72.4 Å². The molecule has 1 heterocycles. The minimum atomic E-state index is -0.436. The van der Waals surface area contributed by atoms with E-state index in [2.05, 4.69) is 40.6 Å². The fourth-order valence-corrected chi connectivity index (χ4v) is 3.48. The number of nitrogens with zero attached hydrogens (tertiary/aromatic N) is 1. The largest absolute Gasteiger partial charge is 0.483 e. The summed E-state index contributed by atoms with van der Waals surface area (Å²) >= 11 is 3.48. The van der Waals surface area contributed by atoms with Crippen molar-refractivity contribution in [2.45, 2.75) is 32.7 Å². The Balaban J connectivity index is 1.47. The van der Waals surface area contributed by atoms with E-state index in [4.69, 9.17) is 4.74 Å². The molecule has 0 aliphatic heterocycles. The van der Waals surface area contributed by atoms with Gasteiger partial charge < -0.3 is 9.30 Å². The Bertz CT molecular complexity index is 1020. The molecule has 0 saturated heterocycles. The fraction of sp³-hybridized carbons (Fsp3) is 0.273. The van der Waals surface area contributed by atoms with Gasteiger partial charge in [-0.25, -0.2) is 0 Å². The number of nitrogens with one attached hydrogen (secondary N) is 2. The molecule has 1 atom stereocenters. The van der Waals surface area contributed by atoms with E-state index >= 15 is 0 Å². The Labute approximate surface area is 178 Å². The number of fused-ring (bicyclic) bond motifs is 1. The van der Waals surface area contributed by atoms with Gasteiger partial charge in [0.05, 0.1) is 4.47 Å². The standard InChI is InChI=1S/C22H24BrN3O3/c1-3-15(2)17-8-9-20(18(23)12-17)29-14-22(28)25-24-21(27)13-26-11-10-16-6-4-5-7-19(16)26/h4-12,15H,3,13-14H2,1-2H3,(H,24,27)(H,25,28). The van der Waals surface area contributed by atoms with Crippen molar-refractivity contribution in [1.29, 1.82) is 0 Å². The Morgan fingerprint density at radius 3 is 2.62 bits per heavy atom. The number of halogens is 1. The quantitative estimate of drug-likeness (QED) is 0.523. The van der Waals surface area contributed by atoms with E-state index < -0.39 is 5.91 Å². The summed E-state index contributed by atoms with van der Waals surface area (Å²) in [5.41, 5.74) is 6.97. The Morgan fingerprint density at radius 1 is 1.10 bits per heavy atom. The summed E-state index contributed by atoms with van der Waals surface area (Å²) in [5, 5.41) is 1.06. The molecule has 152 valence electrons. The van der Waals surface area contributed by atoms with Gasteiger partial charge in [0.1, 0.15) is 12.3 Å². The number of rotatable bonds is 7. The molecule has 3 aromatic rings. The summed E-state index contributed by atoms with van der Waals surface area (Å²) in [6.45, 7) is 4.21. The Hall–Kier alpha value is -2.80. The average molecular weight is 458 g/mol. The van der Waals surface area contributed by atoms with Crippen LogP contribution >= 0.6 is 15.9 Å². The third kappa shape index (κ3) is 5.38. The number of benzene rings is 2. The molecule has 2 N–H and O–H groups in total. The average Bonchev–Trinajstić information content (AvgIpc) is 3.13. The monoisotopic (exact) mass is 457 g/mol. The summed E-state index contributed by atoms with van der Waals surface area (Å²) in [7, 11) is 0. The van der Waals surface area contributed by atoms with Crippen LogP contribution in [0.15, 0.2) is 59.2 Å². The van der Waals surface area contributed by atoms with E-state index in [0.717, 1.165) is 21.8 Å². The van der Waals surface area contributed by atoms with Crippen LogP contribution in [0, 0.1) is 0 Å². The number of hydrogen-bond acceptors (Lipinski definition) is 3. The van der Waals surface area contributed by atoms with Crippen molar-refractivity contribution in [3.63, 3.8) is 0 Å². The van der Waals surface area contributed by atoms with Gasteiger partial charge in [-0.2, -0.15) is 0 Å². The van der Waals surface area contributed by atoms with E-state index in [9.17, 15) is 9.59 Å². The molecule has 2 amide bonds. The van der Waals surface area contributed by atoms with Crippen LogP contribution in [-0.4, -0.2) is 23.0 Å². The molecule has 29 heavy (non-hydrogen) atoms. The van der Waals surface area contributed by atoms with Gasteiger partial charge in [-0.15, -0.1) is 0 Å². The zero-order valence-electron chi connectivity index (χ0n) is 16.4. The fourth-order valence-electron chi connectivity index (χ4n) is 2.97. The number of carbonyl (C=O) groups excluding carboxylic acids is 2. The molecular weight excluding hydrogens is 434 g/mol. The highest BCUT2D eigenvalue weighted by Gasteiger charge is 2.11. The Morgan fingerprint density at radius 2 is 1.86 bits per heavy atom. The van der Waals surface area contributed by atoms with Gasteiger partial charge in [0, 0.05) is 11.7 Å². The van der Waals surface area contributed by atoms with Gasteiger partial charge in [-0.05, 0) is 63.5 Å². The van der Waals surface area contributed by atoms with Crippen molar-refractivity contribution in [3.05, 3.63) is 64.8 Å². The summed E-state index contributed by atoms with van der Waals surface area (Å²) in [5.74, 6) is 0.279. The number of amides is 2. The maximum Gasteiger partial charge on any atom is 0.276 e. The van der Waals surface area contributed by atoms with Crippen LogP contribution in [0.2, 0.25) is 0 Å². The van der Waals surface area contributed by atoms with E-state index in [0.29, 0.717) is 11.7 Å². The summed E-state index contributed by atoms with van der Waals surface area (Å²) in [6.07, 6.45) is 2.89. The van der Waals surface area contributed by atoms with Crippen molar-refractivity contribution in [2.75, 3.05) is 6.61 Å². The van der Waals surface area contributed by atoms with Gasteiger partial charge >= 0.3 is 0 Å². The highest BCUT2D eigenvalue weighted by Crippen LogP contribution is 2.30. The first-order valence-corrected chi connectivity index (χ1v) is 10.3. The molecule has 6 nitrogen and oxygen atoms in total. The van der Waals surface area contributed by atoms with Crippen molar-refractivity contribution < 1.29 is 14.3 Å². The number of para-hydroxylation sites is 1. The molecule has 0 bridgehead atoms. The summed E-state index contributed by atoms with van der Waals surface area (Å²) in [4.78, 5) is 24.1. The van der Waals surface area contributed by atoms with Crippen LogP contribution in [0.1, 0.15) is 31.7 Å². The third-order valence-electron chi connectivity index (χ3n) is 4.83. The second-order valence-electron chi connectivity index (χ2n) is 6.89. The first-order valence-electron chi connectivity index (χ1n) is 9.51. The molecule has 0 spiro atoms. The summed E-state index contributed by atoms with van der Waals surface area (Å²) < 4.78 is 8.17. The molecule has 0 saturated carbocycles. The highest BCUT2D eigenvalue weighted by molar-refractivity contribution is 9.10. The molecule has 0 fully saturated rings. The smallest absolute Gasteiger partial charge is 0.276 e. The van der Waals surface area contributed by atoms with Crippen molar-refractivity contribution >= 4 is 38.6 Å². The second-order valence-corrected chi connectivity index (χ2v) is 7.74. The van der Waals surface area contributed by atoms with Crippen LogP contribution in [0.3, 0.4) is 0 Å². The van der Waals surface area contributed by atoms with Crippen LogP contribution in [0.5, 0.6) is 5.75 Å². The second kappa shape index (κ2) is 9.60. The lowest BCUT2D eigenvalue weighted by atomic mass is 9.99. The molecule has 0 aliphatic carbocycles. The van der Waals surface area contributed by atoms with Gasteiger partial charge in [-0.3, -0.25) is 20.4 Å². The van der Waals surface area contributed by atoms with Gasteiger partial charge in [0.15, 0.2) is 6.61 Å². The lowest BCUT2D eigenvalue weighted by Crippen LogP contribution is -2.45. The number of ether oxygens (including phenoxy) is 1. The molecule has 0 aliphatic rings. The highest BCUT2D eigenvalue weighted by atomic mass is 79.9. The van der Waals surface area contributed by atoms with E-state index in [1.807, 2.05) is 59.3 Å². The lowest BCUT2D eigenvalue weighted by molar-refractivity contribution is -0.130. The molecule has 2 aromatic carbocycles. The molecule has 1 unspecified atom stereocenters. The molecule has 1 aromatic heterocycles. The van der Waals surface area contributed by atoms with Crippen molar-refractivity contribution in [1.82, 2.24) is 15.4 Å². The van der Waals surface area contributed by atoms with Gasteiger partial charge in [-0.1, -0.05) is 38.1 Å². The van der Waals surface area contributed by atoms with Crippen molar-refractivity contribution in [2.24, 2.45) is 0 Å². The molecular formula is C22H24BrN3O3. The normalized spacial score (nSPS) is 11.8. The maximum atomic E-state index is 12.1. The number of hydrazine groups is 1. The predicted octanol–water partition coefficient (Wildman–Crippen LogP) is 4.14. The Kier molecular flexibility index (Phi) is 6.93. The lowest BCUT2D eigenvalue weighted by Gasteiger charge is -2.13. The SMILES string of the molecule is CCC(C)c1ccc(OCC(=O)NNC(=O)Cn2ccc3ccccc32)c(Br)c1. The van der Waals surface area contributed by atoms with Crippen LogP contribution in [-0.2, 0) is 16.1 Å². The van der Waals surface area contributed by atoms with Crippen LogP contribution in [0.25, 0.3) is 10.9 Å². The van der Waals surface area contributed by atoms with E-state index in [-0.39, 0.29) is 19.1 Å². The van der Waals surface area contributed by atoms with Crippen molar-refractivity contribution in [3.8, 4) is 5.75 Å². The number of aromatic nitrogens is 1. The predicted molar refractivity (Wildman–Crippen MR) is 117 cm³/mol. The zero-order valence-corrected chi connectivity index (χ0v) is 18.0. The maximum absolute atomic E-state index is 12.1. The molecule has 7 heteroatoms. The van der Waals surface area contributed by atoms with E-state index in [1.165, 1.54) is 5.56 Å². The summed E-state index contributed by atoms with van der Waals surface area (Å²) in [6, 6.07) is 15.6. The minimum Gasteiger partial charge on any atom is -0.483 e. The van der Waals surface area contributed by atoms with Gasteiger partial charge in [0.2, 0.25) is 0 Å². The first kappa shape index (κ1) is 20.9. The first-order chi connectivity index (χ1) is 14.0. The van der Waals surface area contributed by atoms with Gasteiger partial charge in [0.25, 0.3) is 11.8 Å². The van der Waals surface area contributed by atoms with Crippen LogP contribution in [0.4, 0.5) is 0 Å². The number of carbonyl (C=O) groups is 2. The third-order valence-corrected chi connectivity index (χ3v) is 5.45. The van der Waals surface area contributed by atoms with E-state index in [1.54, 1.807) is 0 Å². The molecule has 0 radical (unpaired) electrons. The minimum absolute atomic E-state index is 0.108. The molecule has 3 rings (SSSR count).